The van der Waals surface area contributed by atoms with Crippen LogP contribution in [0, 0.1) is 11.8 Å². The van der Waals surface area contributed by atoms with E-state index >= 15 is 0 Å². The van der Waals surface area contributed by atoms with Crippen molar-refractivity contribution < 1.29 is 24.2 Å². The molecule has 0 bridgehead atoms. The molecule has 1 aromatic rings. The summed E-state index contributed by atoms with van der Waals surface area (Å²) in [6.07, 6.45) is 10.3. The monoisotopic (exact) mass is 404 g/mol. The van der Waals surface area contributed by atoms with Gasteiger partial charge in [-0.05, 0) is 51.0 Å². The molecule has 0 aliphatic heterocycles. The molecular formula is C21H26NO5S-. The Labute approximate surface area is 169 Å². The number of allylic oxidation sites excluding steroid dienone is 2. The molecule has 0 fully saturated rings. The number of thiophene rings is 1. The number of anilines is 1. The zero-order valence-electron chi connectivity index (χ0n) is 16.1. The second-order valence-corrected chi connectivity index (χ2v) is 8.41. The molecule has 0 aromatic carbocycles. The molecule has 0 saturated carbocycles. The van der Waals surface area contributed by atoms with Crippen LogP contribution in [0.1, 0.15) is 66.2 Å². The van der Waals surface area contributed by atoms with E-state index in [2.05, 4.69) is 5.32 Å². The highest BCUT2D eigenvalue weighted by molar-refractivity contribution is 7.17. The number of carboxylic acids is 1. The van der Waals surface area contributed by atoms with Gasteiger partial charge < -0.3 is 20.0 Å². The topological polar surface area (TPSA) is 95.5 Å². The van der Waals surface area contributed by atoms with E-state index in [0.29, 0.717) is 17.0 Å². The number of aliphatic carboxylic acids is 1. The number of aryl methyl sites for hydroxylation is 1. The molecule has 0 radical (unpaired) electrons. The van der Waals surface area contributed by atoms with Gasteiger partial charge in [0.05, 0.1) is 18.1 Å². The number of hydrogen-bond donors (Lipinski definition) is 1. The molecule has 1 amide bonds. The van der Waals surface area contributed by atoms with Gasteiger partial charge in [0, 0.05) is 16.8 Å². The molecule has 3 rings (SSSR count). The number of hydrogen-bond acceptors (Lipinski definition) is 6. The highest BCUT2D eigenvalue weighted by Crippen LogP contribution is 2.38. The normalized spacial score (nSPS) is 21.9. The molecule has 152 valence electrons. The molecule has 1 heterocycles. The van der Waals surface area contributed by atoms with Crippen LogP contribution in [-0.2, 0) is 27.2 Å². The van der Waals surface area contributed by atoms with Gasteiger partial charge in [0.25, 0.3) is 0 Å². The van der Waals surface area contributed by atoms with E-state index in [1.807, 2.05) is 6.08 Å². The third kappa shape index (κ3) is 4.46. The maximum absolute atomic E-state index is 12.9. The van der Waals surface area contributed by atoms with Gasteiger partial charge in [-0.15, -0.1) is 11.3 Å². The van der Waals surface area contributed by atoms with Crippen molar-refractivity contribution in [2.75, 3.05) is 11.9 Å². The van der Waals surface area contributed by atoms with Gasteiger partial charge in [-0.25, -0.2) is 4.79 Å². The second-order valence-electron chi connectivity index (χ2n) is 7.31. The van der Waals surface area contributed by atoms with Crippen LogP contribution in [0.15, 0.2) is 12.2 Å². The minimum absolute atomic E-state index is 0.261. The Morgan fingerprint density at radius 3 is 2.46 bits per heavy atom. The van der Waals surface area contributed by atoms with Crippen LogP contribution in [-0.4, -0.2) is 24.5 Å². The van der Waals surface area contributed by atoms with Gasteiger partial charge >= 0.3 is 5.97 Å². The van der Waals surface area contributed by atoms with E-state index in [9.17, 15) is 19.5 Å². The van der Waals surface area contributed by atoms with E-state index in [4.69, 9.17) is 4.74 Å². The maximum atomic E-state index is 12.9. The van der Waals surface area contributed by atoms with Crippen molar-refractivity contribution in [3.05, 3.63) is 28.2 Å². The third-order valence-corrected chi connectivity index (χ3v) is 6.67. The standard InChI is InChI=1S/C21H27NO5S/c1-2-27-21(26)17-15-11-5-3-4-6-12-16(15)28-19(17)22-18(23)13-9-7-8-10-14(13)20(24)25/h7-8,13-14H,2-6,9-12H2,1H3,(H,22,23)(H,24,25)/p-1/t13-,14-/m0/s1. The number of carbonyl (C=O) groups is 3. The minimum Gasteiger partial charge on any atom is -0.550 e. The van der Waals surface area contributed by atoms with E-state index in [1.54, 1.807) is 13.0 Å². The summed E-state index contributed by atoms with van der Waals surface area (Å²) in [5.74, 6) is -3.56. The SMILES string of the molecule is CCOC(=O)c1c(NC(=O)[C@H]2CC=CC[C@@H]2C(=O)[O-])sc2c1CCCCCC2. The first kappa shape index (κ1) is 20.6. The van der Waals surface area contributed by atoms with Crippen molar-refractivity contribution in [1.82, 2.24) is 0 Å². The molecular weight excluding hydrogens is 378 g/mol. The van der Waals surface area contributed by atoms with Crippen LogP contribution in [0.5, 0.6) is 0 Å². The van der Waals surface area contributed by atoms with Gasteiger partial charge in [-0.2, -0.15) is 0 Å². The first-order valence-electron chi connectivity index (χ1n) is 10.0. The number of ether oxygens (including phenoxy) is 1. The van der Waals surface area contributed by atoms with Crippen LogP contribution < -0.4 is 10.4 Å². The largest absolute Gasteiger partial charge is 0.550 e. The number of carboxylic acid groups (broad SMARTS) is 1. The summed E-state index contributed by atoms with van der Waals surface area (Å²) in [5, 5.41) is 14.8. The highest BCUT2D eigenvalue weighted by atomic mass is 32.1. The van der Waals surface area contributed by atoms with Gasteiger partial charge in [0.1, 0.15) is 5.00 Å². The number of nitrogens with one attached hydrogen (secondary N) is 1. The van der Waals surface area contributed by atoms with Crippen molar-refractivity contribution in [3.8, 4) is 0 Å². The van der Waals surface area contributed by atoms with Crippen molar-refractivity contribution in [2.45, 2.75) is 58.3 Å². The first-order chi connectivity index (χ1) is 13.5. The van der Waals surface area contributed by atoms with Crippen LogP contribution in [0.3, 0.4) is 0 Å². The molecule has 0 spiro atoms. The van der Waals surface area contributed by atoms with Crippen molar-refractivity contribution in [3.63, 3.8) is 0 Å². The summed E-state index contributed by atoms with van der Waals surface area (Å²) in [7, 11) is 0. The molecule has 1 aromatic heterocycles. The van der Waals surface area contributed by atoms with Crippen LogP contribution in [0.4, 0.5) is 5.00 Å². The number of amides is 1. The lowest BCUT2D eigenvalue weighted by molar-refractivity contribution is -0.313. The Bertz CT molecular complexity index is 782. The highest BCUT2D eigenvalue weighted by Gasteiger charge is 2.32. The average Bonchev–Trinajstić information content (AvgIpc) is 2.98. The summed E-state index contributed by atoms with van der Waals surface area (Å²) >= 11 is 1.43. The van der Waals surface area contributed by atoms with Gasteiger partial charge in [-0.1, -0.05) is 25.0 Å². The third-order valence-electron chi connectivity index (χ3n) is 5.46. The summed E-state index contributed by atoms with van der Waals surface area (Å²) in [4.78, 5) is 38.1. The smallest absolute Gasteiger partial charge is 0.341 e. The summed E-state index contributed by atoms with van der Waals surface area (Å²) < 4.78 is 5.25. The summed E-state index contributed by atoms with van der Waals surface area (Å²) in [6.45, 7) is 2.02. The lowest BCUT2D eigenvalue weighted by atomic mass is 9.82. The molecule has 0 saturated heterocycles. The van der Waals surface area contributed by atoms with Crippen molar-refractivity contribution in [1.29, 1.82) is 0 Å². The summed E-state index contributed by atoms with van der Waals surface area (Å²) in [6, 6.07) is 0. The molecule has 7 heteroatoms. The maximum Gasteiger partial charge on any atom is 0.341 e. The van der Waals surface area contributed by atoms with Crippen LogP contribution >= 0.6 is 11.3 Å². The number of carbonyl (C=O) groups excluding carboxylic acids is 3. The fourth-order valence-electron chi connectivity index (χ4n) is 4.00. The van der Waals surface area contributed by atoms with Gasteiger partial charge in [0.2, 0.25) is 5.91 Å². The molecule has 2 aliphatic rings. The average molecular weight is 405 g/mol. The zero-order chi connectivity index (χ0) is 20.1. The Hall–Kier alpha value is -2.15. The predicted octanol–water partition coefficient (Wildman–Crippen LogP) is 2.85. The minimum atomic E-state index is -1.21. The quantitative estimate of drug-likeness (QED) is 0.601. The fraction of sp³-hybridized carbons (Fsp3) is 0.571. The van der Waals surface area contributed by atoms with Crippen molar-refractivity contribution >= 4 is 34.2 Å². The van der Waals surface area contributed by atoms with E-state index in [-0.39, 0.29) is 18.9 Å². The number of esters is 1. The molecule has 6 nitrogen and oxygen atoms in total. The first-order valence-corrected chi connectivity index (χ1v) is 10.8. The number of fused-ring (bicyclic) bond motifs is 1. The predicted molar refractivity (Wildman–Crippen MR) is 105 cm³/mol. The fourth-order valence-corrected chi connectivity index (χ4v) is 5.28. The molecule has 2 atom stereocenters. The molecule has 1 N–H and O–H groups in total. The number of rotatable bonds is 5. The Balaban J connectivity index is 1.90. The molecule has 2 aliphatic carbocycles. The second kappa shape index (κ2) is 9.37. The zero-order valence-corrected chi connectivity index (χ0v) is 16.9. The Morgan fingerprint density at radius 2 is 1.79 bits per heavy atom. The lowest BCUT2D eigenvalue weighted by Gasteiger charge is -2.28. The van der Waals surface area contributed by atoms with E-state index in [0.717, 1.165) is 49.0 Å². The van der Waals surface area contributed by atoms with E-state index < -0.39 is 23.8 Å². The van der Waals surface area contributed by atoms with Crippen LogP contribution in [0.25, 0.3) is 0 Å². The molecule has 28 heavy (non-hydrogen) atoms. The summed E-state index contributed by atoms with van der Waals surface area (Å²) in [5.41, 5.74) is 1.44. The Morgan fingerprint density at radius 1 is 1.11 bits per heavy atom. The Kier molecular flexibility index (Phi) is 6.88. The van der Waals surface area contributed by atoms with E-state index in [1.165, 1.54) is 11.3 Å². The molecule has 0 unspecified atom stereocenters. The van der Waals surface area contributed by atoms with Crippen LogP contribution in [0.2, 0.25) is 0 Å². The lowest BCUT2D eigenvalue weighted by Crippen LogP contribution is -2.41. The van der Waals surface area contributed by atoms with Gasteiger partial charge in [-0.3, -0.25) is 4.79 Å². The van der Waals surface area contributed by atoms with Gasteiger partial charge in [0.15, 0.2) is 0 Å². The van der Waals surface area contributed by atoms with Crippen molar-refractivity contribution in [2.24, 2.45) is 11.8 Å².